The Balaban J connectivity index is 1.58. The monoisotopic (exact) mass is 459 g/mol. The Hall–Kier alpha value is -2.42. The smallest absolute Gasteiger partial charge is 0.243 e. The van der Waals surface area contributed by atoms with Gasteiger partial charge in [0, 0.05) is 39.1 Å². The van der Waals surface area contributed by atoms with Gasteiger partial charge in [-0.2, -0.15) is 4.31 Å². The lowest BCUT2D eigenvalue weighted by Gasteiger charge is -2.34. The maximum Gasteiger partial charge on any atom is 0.243 e. The maximum atomic E-state index is 13.4. The molecule has 174 valence electrons. The zero-order chi connectivity index (χ0) is 23.5. The summed E-state index contributed by atoms with van der Waals surface area (Å²) < 4.78 is 33.6. The molecule has 8 heteroatoms. The van der Waals surface area contributed by atoms with Crippen molar-refractivity contribution in [3.8, 4) is 5.75 Å². The van der Waals surface area contributed by atoms with E-state index in [1.807, 2.05) is 45.9 Å². The summed E-state index contributed by atoms with van der Waals surface area (Å²) in [5.74, 6) is 0.530. The highest BCUT2D eigenvalue weighted by atomic mass is 32.2. The van der Waals surface area contributed by atoms with Gasteiger partial charge in [0.1, 0.15) is 5.75 Å². The van der Waals surface area contributed by atoms with Crippen molar-refractivity contribution < 1.29 is 17.9 Å². The summed E-state index contributed by atoms with van der Waals surface area (Å²) in [4.78, 5) is 14.9. The number of ether oxygens (including phenoxy) is 1. The predicted octanol–water partition coefficient (Wildman–Crippen LogP) is 3.26. The van der Waals surface area contributed by atoms with Gasteiger partial charge in [-0.3, -0.25) is 4.79 Å². The number of benzene rings is 2. The number of piperazine rings is 1. The first-order valence-corrected chi connectivity index (χ1v) is 12.3. The van der Waals surface area contributed by atoms with Gasteiger partial charge in [0.25, 0.3) is 0 Å². The molecular formula is C24H33N3O4S. The van der Waals surface area contributed by atoms with Gasteiger partial charge >= 0.3 is 0 Å². The van der Waals surface area contributed by atoms with Crippen molar-refractivity contribution >= 4 is 21.6 Å². The summed E-state index contributed by atoms with van der Waals surface area (Å²) >= 11 is 0. The zero-order valence-electron chi connectivity index (χ0n) is 19.6. The SMILES string of the molecule is COc1ccccc1NC(=O)CCN1CCN(S(=O)(=O)c2c(C)c(C)cc(C)c2C)CC1. The van der Waals surface area contributed by atoms with Crippen LogP contribution in [0.15, 0.2) is 35.2 Å². The quantitative estimate of drug-likeness (QED) is 0.688. The van der Waals surface area contributed by atoms with E-state index in [1.165, 1.54) is 0 Å². The fraction of sp³-hybridized carbons (Fsp3) is 0.458. The van der Waals surface area contributed by atoms with E-state index < -0.39 is 10.0 Å². The third-order valence-corrected chi connectivity index (χ3v) is 8.44. The van der Waals surface area contributed by atoms with Crippen LogP contribution in [0.3, 0.4) is 0 Å². The number of rotatable bonds is 7. The third-order valence-electron chi connectivity index (χ3n) is 6.26. The van der Waals surface area contributed by atoms with Crippen LogP contribution >= 0.6 is 0 Å². The van der Waals surface area contributed by atoms with Gasteiger partial charge in [0.15, 0.2) is 0 Å². The number of hydrogen-bond donors (Lipinski definition) is 1. The molecule has 0 unspecified atom stereocenters. The van der Waals surface area contributed by atoms with Crippen LogP contribution in [0.5, 0.6) is 5.75 Å². The predicted molar refractivity (Wildman–Crippen MR) is 127 cm³/mol. The Morgan fingerprint density at radius 2 is 1.59 bits per heavy atom. The van der Waals surface area contributed by atoms with Crippen LogP contribution < -0.4 is 10.1 Å². The molecule has 1 saturated heterocycles. The second-order valence-electron chi connectivity index (χ2n) is 8.33. The Kier molecular flexibility index (Phi) is 7.59. The molecule has 0 bridgehead atoms. The van der Waals surface area contributed by atoms with Crippen molar-refractivity contribution in [1.29, 1.82) is 0 Å². The first-order chi connectivity index (χ1) is 15.1. The second kappa shape index (κ2) is 10.0. The van der Waals surface area contributed by atoms with Crippen molar-refractivity contribution in [3.05, 3.63) is 52.6 Å². The highest BCUT2D eigenvalue weighted by Gasteiger charge is 2.31. The van der Waals surface area contributed by atoms with Crippen LogP contribution in [0.2, 0.25) is 0 Å². The lowest BCUT2D eigenvalue weighted by atomic mass is 10.0. The van der Waals surface area contributed by atoms with E-state index in [9.17, 15) is 13.2 Å². The van der Waals surface area contributed by atoms with Crippen LogP contribution in [0.1, 0.15) is 28.7 Å². The van der Waals surface area contributed by atoms with Crippen LogP contribution in [-0.4, -0.2) is 63.4 Å². The van der Waals surface area contributed by atoms with E-state index in [0.717, 1.165) is 22.3 Å². The number of para-hydroxylation sites is 2. The molecule has 1 heterocycles. The molecule has 2 aromatic carbocycles. The summed E-state index contributed by atoms with van der Waals surface area (Å²) in [6, 6.07) is 9.34. The lowest BCUT2D eigenvalue weighted by molar-refractivity contribution is -0.116. The average Bonchev–Trinajstić information content (AvgIpc) is 2.77. The summed E-state index contributed by atoms with van der Waals surface area (Å²) in [7, 11) is -1.99. The Bertz CT molecular complexity index is 1060. The van der Waals surface area contributed by atoms with Gasteiger partial charge in [-0.25, -0.2) is 8.42 Å². The highest BCUT2D eigenvalue weighted by molar-refractivity contribution is 7.89. The molecule has 3 rings (SSSR count). The Morgan fingerprint density at radius 3 is 2.19 bits per heavy atom. The van der Waals surface area contributed by atoms with Crippen molar-refractivity contribution in [3.63, 3.8) is 0 Å². The molecule has 1 aliphatic heterocycles. The van der Waals surface area contributed by atoms with Gasteiger partial charge in [-0.05, 0) is 62.1 Å². The first-order valence-electron chi connectivity index (χ1n) is 10.9. The number of carbonyl (C=O) groups is 1. The summed E-state index contributed by atoms with van der Waals surface area (Å²) in [5, 5.41) is 2.88. The standard InChI is InChI=1S/C24H33N3O4S/c1-17-16-18(2)20(4)24(19(17)3)32(29,30)27-14-12-26(13-15-27)11-10-23(28)25-21-8-6-7-9-22(21)31-5/h6-9,16H,10-15H2,1-5H3,(H,25,28). The van der Waals surface area contributed by atoms with Gasteiger partial charge in [-0.15, -0.1) is 0 Å². The van der Waals surface area contributed by atoms with Crippen molar-refractivity contribution in [2.45, 2.75) is 39.0 Å². The molecule has 0 spiro atoms. The van der Waals surface area contributed by atoms with E-state index in [4.69, 9.17) is 4.74 Å². The molecule has 0 radical (unpaired) electrons. The number of carbonyl (C=O) groups excluding carboxylic acids is 1. The fourth-order valence-electron chi connectivity index (χ4n) is 4.11. The van der Waals surface area contributed by atoms with Gasteiger partial charge < -0.3 is 15.0 Å². The minimum absolute atomic E-state index is 0.0916. The normalized spacial score (nSPS) is 15.5. The Labute approximate surface area is 191 Å². The minimum Gasteiger partial charge on any atom is -0.495 e. The topological polar surface area (TPSA) is 79.0 Å². The number of sulfonamides is 1. The van der Waals surface area contributed by atoms with E-state index >= 15 is 0 Å². The van der Waals surface area contributed by atoms with Crippen molar-refractivity contribution in [2.24, 2.45) is 0 Å². The van der Waals surface area contributed by atoms with E-state index in [0.29, 0.717) is 55.5 Å². The Morgan fingerprint density at radius 1 is 1.00 bits per heavy atom. The van der Waals surface area contributed by atoms with E-state index in [1.54, 1.807) is 23.5 Å². The molecule has 2 aromatic rings. The molecule has 1 amide bonds. The molecule has 0 aliphatic carbocycles. The van der Waals surface area contributed by atoms with Gasteiger partial charge in [0.05, 0.1) is 17.7 Å². The number of aryl methyl sites for hydroxylation is 2. The van der Waals surface area contributed by atoms with E-state index in [-0.39, 0.29) is 5.91 Å². The van der Waals surface area contributed by atoms with Crippen molar-refractivity contribution in [1.82, 2.24) is 9.21 Å². The summed E-state index contributed by atoms with van der Waals surface area (Å²) in [5.41, 5.74) is 4.28. The number of hydrogen-bond acceptors (Lipinski definition) is 5. The molecule has 0 saturated carbocycles. The van der Waals surface area contributed by atoms with Gasteiger partial charge in [0.2, 0.25) is 15.9 Å². The number of methoxy groups -OCH3 is 1. The largest absolute Gasteiger partial charge is 0.495 e. The van der Waals surface area contributed by atoms with Crippen LogP contribution in [0.4, 0.5) is 5.69 Å². The summed E-state index contributed by atoms with van der Waals surface area (Å²) in [6.07, 6.45) is 0.333. The number of amides is 1. The molecule has 1 aliphatic rings. The first kappa shape index (κ1) is 24.2. The van der Waals surface area contributed by atoms with Crippen LogP contribution in [0.25, 0.3) is 0 Å². The third kappa shape index (κ3) is 5.14. The zero-order valence-corrected chi connectivity index (χ0v) is 20.4. The molecule has 0 atom stereocenters. The molecule has 32 heavy (non-hydrogen) atoms. The molecular weight excluding hydrogens is 426 g/mol. The highest BCUT2D eigenvalue weighted by Crippen LogP contribution is 2.29. The van der Waals surface area contributed by atoms with Crippen LogP contribution in [-0.2, 0) is 14.8 Å². The maximum absolute atomic E-state index is 13.4. The lowest BCUT2D eigenvalue weighted by Crippen LogP contribution is -2.49. The average molecular weight is 460 g/mol. The fourth-order valence-corrected chi connectivity index (χ4v) is 6.11. The second-order valence-corrected chi connectivity index (χ2v) is 10.2. The number of nitrogens with zero attached hydrogens (tertiary/aromatic N) is 2. The van der Waals surface area contributed by atoms with Gasteiger partial charge in [-0.1, -0.05) is 18.2 Å². The molecule has 0 aromatic heterocycles. The number of anilines is 1. The summed E-state index contributed by atoms with van der Waals surface area (Å²) in [6.45, 7) is 10.3. The molecule has 1 fully saturated rings. The minimum atomic E-state index is -3.56. The molecule has 1 N–H and O–H groups in total. The van der Waals surface area contributed by atoms with Crippen LogP contribution in [0, 0.1) is 27.7 Å². The molecule has 7 nitrogen and oxygen atoms in total. The van der Waals surface area contributed by atoms with E-state index in [2.05, 4.69) is 10.2 Å². The van der Waals surface area contributed by atoms with Crippen molar-refractivity contribution in [2.75, 3.05) is 45.2 Å². The number of nitrogens with one attached hydrogen (secondary N) is 1.